The summed E-state index contributed by atoms with van der Waals surface area (Å²) in [6.07, 6.45) is 2.95. The van der Waals surface area contributed by atoms with Crippen LogP contribution >= 0.6 is 11.6 Å². The van der Waals surface area contributed by atoms with E-state index in [0.29, 0.717) is 54.3 Å². The summed E-state index contributed by atoms with van der Waals surface area (Å²) in [5, 5.41) is 3.75. The molecule has 1 amide bonds. The molecular formula is C26H31ClN4O4S. The van der Waals surface area contributed by atoms with E-state index in [1.807, 2.05) is 13.0 Å². The minimum Gasteiger partial charge on any atom is -0.423 e. The molecule has 3 aromatic rings. The standard InChI is InChI=1S/C26H31ClN4O4S/c1-18-2-5-22(6-3-18)36(33,34)31-14-10-20(11-15-31)25(32)28-17-19-8-12-30(13-9-19)26-29-23-16-21(27)4-7-24(23)35-26/h2-7,16,19-20H,8-15,17H2,1H3,(H,28,32). The number of carbonyl (C=O) groups excluding carboxylic acids is 1. The van der Waals surface area contributed by atoms with Gasteiger partial charge >= 0.3 is 0 Å². The van der Waals surface area contributed by atoms with Crippen LogP contribution in [0.15, 0.2) is 51.8 Å². The first-order valence-corrected chi connectivity index (χ1v) is 14.3. The molecule has 2 aliphatic heterocycles. The van der Waals surface area contributed by atoms with Crippen LogP contribution in [0.1, 0.15) is 31.2 Å². The largest absolute Gasteiger partial charge is 0.423 e. The Kier molecular flexibility index (Phi) is 7.23. The quantitative estimate of drug-likeness (QED) is 0.512. The highest BCUT2D eigenvalue weighted by Gasteiger charge is 2.32. The predicted molar refractivity (Wildman–Crippen MR) is 140 cm³/mol. The highest BCUT2D eigenvalue weighted by atomic mass is 35.5. The Morgan fingerprint density at radius 3 is 2.44 bits per heavy atom. The molecule has 3 heterocycles. The number of nitrogens with one attached hydrogen (secondary N) is 1. The Hall–Kier alpha value is -2.62. The number of anilines is 1. The molecular weight excluding hydrogens is 500 g/mol. The molecule has 0 atom stereocenters. The molecule has 0 spiro atoms. The minimum atomic E-state index is -3.52. The van der Waals surface area contributed by atoms with E-state index in [2.05, 4.69) is 15.2 Å². The number of benzene rings is 2. The molecule has 0 radical (unpaired) electrons. The van der Waals surface area contributed by atoms with Crippen LogP contribution in [-0.4, -0.2) is 56.3 Å². The molecule has 2 saturated heterocycles. The van der Waals surface area contributed by atoms with Gasteiger partial charge in [0.25, 0.3) is 6.01 Å². The first kappa shape index (κ1) is 25.0. The minimum absolute atomic E-state index is 0.0284. The Morgan fingerprint density at radius 2 is 1.75 bits per heavy atom. The summed E-state index contributed by atoms with van der Waals surface area (Å²) in [4.78, 5) is 19.8. The van der Waals surface area contributed by atoms with Gasteiger partial charge in [0, 0.05) is 43.7 Å². The molecule has 2 aromatic carbocycles. The van der Waals surface area contributed by atoms with Gasteiger partial charge < -0.3 is 14.6 Å². The van der Waals surface area contributed by atoms with Crippen molar-refractivity contribution in [1.29, 1.82) is 0 Å². The van der Waals surface area contributed by atoms with Crippen molar-refractivity contribution in [3.8, 4) is 0 Å². The number of fused-ring (bicyclic) bond motifs is 1. The lowest BCUT2D eigenvalue weighted by Gasteiger charge is -2.32. The summed E-state index contributed by atoms with van der Waals surface area (Å²) >= 11 is 6.05. The zero-order chi connectivity index (χ0) is 25.3. The van der Waals surface area contributed by atoms with Crippen LogP contribution in [0.2, 0.25) is 5.02 Å². The van der Waals surface area contributed by atoms with Crippen molar-refractivity contribution in [3.63, 3.8) is 0 Å². The molecule has 8 nitrogen and oxygen atoms in total. The fourth-order valence-corrected chi connectivity index (χ4v) is 6.60. The molecule has 0 bridgehead atoms. The van der Waals surface area contributed by atoms with Crippen LogP contribution in [0, 0.1) is 18.8 Å². The van der Waals surface area contributed by atoms with Gasteiger partial charge in [-0.25, -0.2) is 8.42 Å². The van der Waals surface area contributed by atoms with Crippen LogP contribution in [0.4, 0.5) is 6.01 Å². The van der Waals surface area contributed by atoms with Gasteiger partial charge in [-0.2, -0.15) is 9.29 Å². The van der Waals surface area contributed by atoms with Crippen molar-refractivity contribution in [1.82, 2.24) is 14.6 Å². The molecule has 0 aliphatic carbocycles. The van der Waals surface area contributed by atoms with Crippen molar-refractivity contribution in [3.05, 3.63) is 53.1 Å². The summed E-state index contributed by atoms with van der Waals surface area (Å²) in [5.41, 5.74) is 2.50. The Labute approximate surface area is 216 Å². The van der Waals surface area contributed by atoms with Gasteiger partial charge in [0.2, 0.25) is 15.9 Å². The Morgan fingerprint density at radius 1 is 1.06 bits per heavy atom. The van der Waals surface area contributed by atoms with Gasteiger partial charge in [-0.05, 0) is 68.9 Å². The number of oxazole rings is 1. The lowest BCUT2D eigenvalue weighted by Crippen LogP contribution is -2.44. The second-order valence-electron chi connectivity index (χ2n) is 9.78. The number of amides is 1. The third-order valence-corrected chi connectivity index (χ3v) is 9.42. The van der Waals surface area contributed by atoms with E-state index in [0.717, 1.165) is 42.6 Å². The third-order valence-electron chi connectivity index (χ3n) is 7.27. The molecule has 0 unspecified atom stereocenters. The van der Waals surface area contributed by atoms with E-state index in [4.69, 9.17) is 16.0 Å². The van der Waals surface area contributed by atoms with Gasteiger partial charge in [-0.15, -0.1) is 0 Å². The van der Waals surface area contributed by atoms with E-state index in [1.54, 1.807) is 36.4 Å². The normalized spacial score (nSPS) is 18.6. The zero-order valence-electron chi connectivity index (χ0n) is 20.3. The van der Waals surface area contributed by atoms with Crippen LogP contribution in [0.5, 0.6) is 0 Å². The SMILES string of the molecule is Cc1ccc(S(=O)(=O)N2CCC(C(=O)NCC3CCN(c4nc5cc(Cl)ccc5o4)CC3)CC2)cc1. The van der Waals surface area contributed by atoms with Crippen molar-refractivity contribution in [2.24, 2.45) is 11.8 Å². The van der Waals surface area contributed by atoms with Gasteiger partial charge in [-0.3, -0.25) is 4.79 Å². The monoisotopic (exact) mass is 530 g/mol. The third kappa shape index (κ3) is 5.38. The van der Waals surface area contributed by atoms with Gasteiger partial charge in [0.1, 0.15) is 5.52 Å². The summed E-state index contributed by atoms with van der Waals surface area (Å²) in [5.74, 6) is 0.271. The number of carbonyl (C=O) groups is 1. The summed E-state index contributed by atoms with van der Waals surface area (Å²) in [7, 11) is -3.52. The lowest BCUT2D eigenvalue weighted by atomic mass is 9.95. The second kappa shape index (κ2) is 10.4. The lowest BCUT2D eigenvalue weighted by molar-refractivity contribution is -0.126. The molecule has 1 aromatic heterocycles. The molecule has 192 valence electrons. The number of sulfonamides is 1. The fourth-order valence-electron chi connectivity index (χ4n) is 4.96. The van der Waals surface area contributed by atoms with Crippen molar-refractivity contribution in [2.75, 3.05) is 37.6 Å². The highest BCUT2D eigenvalue weighted by molar-refractivity contribution is 7.89. The topological polar surface area (TPSA) is 95.8 Å². The summed E-state index contributed by atoms with van der Waals surface area (Å²) in [6.45, 7) is 4.92. The van der Waals surface area contributed by atoms with Crippen LogP contribution in [0.3, 0.4) is 0 Å². The van der Waals surface area contributed by atoms with Gasteiger partial charge in [0.15, 0.2) is 5.58 Å². The number of rotatable bonds is 6. The van der Waals surface area contributed by atoms with Crippen LogP contribution in [0.25, 0.3) is 11.1 Å². The predicted octanol–water partition coefficient (Wildman–Crippen LogP) is 4.22. The van der Waals surface area contributed by atoms with Crippen molar-refractivity contribution >= 4 is 44.6 Å². The second-order valence-corrected chi connectivity index (χ2v) is 12.1. The zero-order valence-corrected chi connectivity index (χ0v) is 21.9. The van der Waals surface area contributed by atoms with Gasteiger partial charge in [0.05, 0.1) is 4.90 Å². The summed E-state index contributed by atoms with van der Waals surface area (Å²) in [6, 6.07) is 12.9. The number of halogens is 1. The number of aryl methyl sites for hydroxylation is 1. The van der Waals surface area contributed by atoms with Gasteiger partial charge in [-0.1, -0.05) is 29.3 Å². The maximum absolute atomic E-state index is 12.9. The maximum Gasteiger partial charge on any atom is 0.298 e. The first-order valence-electron chi connectivity index (χ1n) is 12.4. The van der Waals surface area contributed by atoms with E-state index in [1.165, 1.54) is 4.31 Å². The molecule has 10 heteroatoms. The molecule has 2 fully saturated rings. The maximum atomic E-state index is 12.9. The fraction of sp³-hybridized carbons (Fsp3) is 0.462. The van der Waals surface area contributed by atoms with Crippen molar-refractivity contribution in [2.45, 2.75) is 37.5 Å². The van der Waals surface area contributed by atoms with E-state index in [-0.39, 0.29) is 11.8 Å². The number of aromatic nitrogens is 1. The molecule has 5 rings (SSSR count). The van der Waals surface area contributed by atoms with Crippen LogP contribution in [-0.2, 0) is 14.8 Å². The molecule has 36 heavy (non-hydrogen) atoms. The molecule has 0 saturated carbocycles. The first-order chi connectivity index (χ1) is 17.3. The average Bonchev–Trinajstić information content (AvgIpc) is 3.31. The number of piperidine rings is 2. The van der Waals surface area contributed by atoms with E-state index in [9.17, 15) is 13.2 Å². The molecule has 1 N–H and O–H groups in total. The Bertz CT molecular complexity index is 1330. The number of hydrogen-bond donors (Lipinski definition) is 1. The Balaban J connectivity index is 1.07. The summed E-state index contributed by atoms with van der Waals surface area (Å²) < 4.78 is 33.2. The average molecular weight is 531 g/mol. The number of hydrogen-bond acceptors (Lipinski definition) is 6. The smallest absolute Gasteiger partial charge is 0.298 e. The highest BCUT2D eigenvalue weighted by Crippen LogP contribution is 2.28. The van der Waals surface area contributed by atoms with E-state index >= 15 is 0 Å². The number of nitrogens with zero attached hydrogens (tertiary/aromatic N) is 3. The van der Waals surface area contributed by atoms with E-state index < -0.39 is 10.0 Å². The van der Waals surface area contributed by atoms with Crippen LogP contribution < -0.4 is 10.2 Å². The molecule has 2 aliphatic rings. The van der Waals surface area contributed by atoms with Crippen molar-refractivity contribution < 1.29 is 17.6 Å².